The van der Waals surface area contributed by atoms with Crippen LogP contribution in [-0.4, -0.2) is 30.3 Å². The van der Waals surface area contributed by atoms with E-state index in [2.05, 4.69) is 11.9 Å². The van der Waals surface area contributed by atoms with Crippen LogP contribution in [0.3, 0.4) is 0 Å². The van der Waals surface area contributed by atoms with Crippen molar-refractivity contribution in [3.8, 4) is 5.75 Å². The first-order valence-electron chi connectivity index (χ1n) is 5.19. The summed E-state index contributed by atoms with van der Waals surface area (Å²) in [6, 6.07) is 4.97. The van der Waals surface area contributed by atoms with E-state index in [4.69, 9.17) is 27.9 Å². The molecule has 0 bridgehead atoms. The quantitative estimate of drug-likeness (QED) is 0.788. The predicted octanol–water partition coefficient (Wildman–Crippen LogP) is 2.04. The lowest BCUT2D eigenvalue weighted by Crippen LogP contribution is -2.34. The molecule has 0 spiro atoms. The average Bonchev–Trinajstić information content (AvgIpc) is 2.37. The number of aliphatic hydroxyl groups excluding tert-OH is 1. The third-order valence-electron chi connectivity index (χ3n) is 2.04. The molecule has 1 rings (SSSR count). The molecule has 1 aromatic rings. The minimum atomic E-state index is -0.844. The van der Waals surface area contributed by atoms with Gasteiger partial charge in [-0.2, -0.15) is 0 Å². The molecule has 0 aliphatic carbocycles. The molecule has 0 saturated heterocycles. The van der Waals surface area contributed by atoms with Crippen LogP contribution in [0, 0.1) is 0 Å². The third kappa shape index (κ3) is 4.56. The Balaban J connectivity index is 2.42. The van der Waals surface area contributed by atoms with Crippen LogP contribution >= 0.6 is 23.2 Å². The fourth-order valence-electron chi connectivity index (χ4n) is 1.13. The summed E-state index contributed by atoms with van der Waals surface area (Å²) in [7, 11) is 0. The van der Waals surface area contributed by atoms with Crippen molar-refractivity contribution in [3.63, 3.8) is 0 Å². The van der Waals surface area contributed by atoms with E-state index in [9.17, 15) is 9.90 Å². The van der Waals surface area contributed by atoms with E-state index in [1.807, 2.05) is 0 Å². The predicted molar refractivity (Wildman–Crippen MR) is 71.2 cm³/mol. The lowest BCUT2D eigenvalue weighted by Gasteiger charge is -2.13. The van der Waals surface area contributed by atoms with Crippen LogP contribution in [0.4, 0.5) is 0 Å². The van der Waals surface area contributed by atoms with Crippen molar-refractivity contribution in [1.82, 2.24) is 5.32 Å². The standard InChI is InChI=1S/C12H13Cl2NO3/c1-2-11(17)15-6-8(16)7-18-10-5-3-4-9(13)12(10)14/h2-5,8,16H,1,6-7H2,(H,15,17). The fraction of sp³-hybridized carbons (Fsp3) is 0.250. The highest BCUT2D eigenvalue weighted by atomic mass is 35.5. The van der Waals surface area contributed by atoms with Crippen LogP contribution in [0.15, 0.2) is 30.9 Å². The van der Waals surface area contributed by atoms with Crippen molar-refractivity contribution in [2.75, 3.05) is 13.2 Å². The van der Waals surface area contributed by atoms with Gasteiger partial charge in [-0.1, -0.05) is 35.8 Å². The second-order valence-electron chi connectivity index (χ2n) is 3.47. The molecule has 1 unspecified atom stereocenters. The summed E-state index contributed by atoms with van der Waals surface area (Å²) in [6.45, 7) is 3.37. The highest BCUT2D eigenvalue weighted by Crippen LogP contribution is 2.31. The highest BCUT2D eigenvalue weighted by Gasteiger charge is 2.09. The van der Waals surface area contributed by atoms with Crippen molar-refractivity contribution >= 4 is 29.1 Å². The van der Waals surface area contributed by atoms with Crippen LogP contribution in [0.5, 0.6) is 5.75 Å². The SMILES string of the molecule is C=CC(=O)NCC(O)COc1cccc(Cl)c1Cl. The fourth-order valence-corrected chi connectivity index (χ4v) is 1.48. The molecule has 0 saturated carbocycles. The summed E-state index contributed by atoms with van der Waals surface area (Å²) in [6.07, 6.45) is 0.283. The van der Waals surface area contributed by atoms with Crippen molar-refractivity contribution in [1.29, 1.82) is 0 Å². The molecule has 2 N–H and O–H groups in total. The monoisotopic (exact) mass is 289 g/mol. The molecule has 0 heterocycles. The van der Waals surface area contributed by atoms with E-state index in [-0.39, 0.29) is 19.1 Å². The van der Waals surface area contributed by atoms with Crippen molar-refractivity contribution < 1.29 is 14.6 Å². The van der Waals surface area contributed by atoms with Gasteiger partial charge in [-0.3, -0.25) is 4.79 Å². The molecule has 0 radical (unpaired) electrons. The molecular weight excluding hydrogens is 277 g/mol. The first kappa shape index (κ1) is 14.8. The summed E-state index contributed by atoms with van der Waals surface area (Å²) in [4.78, 5) is 10.9. The molecule has 0 aliphatic rings. The number of carbonyl (C=O) groups excluding carboxylic acids is 1. The second-order valence-corrected chi connectivity index (χ2v) is 4.25. The molecule has 1 aromatic carbocycles. The Morgan fingerprint density at radius 1 is 1.56 bits per heavy atom. The summed E-state index contributed by atoms with van der Waals surface area (Å²) in [5.41, 5.74) is 0. The first-order chi connectivity index (χ1) is 8.54. The molecule has 4 nitrogen and oxygen atoms in total. The summed E-state index contributed by atoms with van der Waals surface area (Å²) < 4.78 is 5.30. The normalized spacial score (nSPS) is 11.7. The zero-order valence-corrected chi connectivity index (χ0v) is 11.0. The number of ether oxygens (including phenoxy) is 1. The number of hydrogen-bond donors (Lipinski definition) is 2. The van der Waals surface area contributed by atoms with Gasteiger partial charge < -0.3 is 15.2 Å². The molecule has 98 valence electrons. The van der Waals surface area contributed by atoms with Gasteiger partial charge in [0.25, 0.3) is 0 Å². The molecule has 0 aromatic heterocycles. The molecule has 1 amide bonds. The number of carbonyl (C=O) groups is 1. The maximum Gasteiger partial charge on any atom is 0.243 e. The van der Waals surface area contributed by atoms with E-state index < -0.39 is 6.10 Å². The molecule has 0 aliphatic heterocycles. The van der Waals surface area contributed by atoms with Gasteiger partial charge in [-0.25, -0.2) is 0 Å². The highest BCUT2D eigenvalue weighted by molar-refractivity contribution is 6.42. The number of aliphatic hydroxyl groups is 1. The number of rotatable bonds is 6. The lowest BCUT2D eigenvalue weighted by atomic mass is 10.3. The topological polar surface area (TPSA) is 58.6 Å². The van der Waals surface area contributed by atoms with E-state index in [0.717, 1.165) is 6.08 Å². The zero-order valence-electron chi connectivity index (χ0n) is 9.53. The van der Waals surface area contributed by atoms with Gasteiger partial charge in [0.2, 0.25) is 5.91 Å². The van der Waals surface area contributed by atoms with Crippen LogP contribution in [0.25, 0.3) is 0 Å². The number of amides is 1. The van der Waals surface area contributed by atoms with E-state index >= 15 is 0 Å². The molecule has 6 heteroatoms. The maximum absolute atomic E-state index is 10.9. The van der Waals surface area contributed by atoms with Gasteiger partial charge >= 0.3 is 0 Å². The Hall–Kier alpha value is -1.23. The number of halogens is 2. The van der Waals surface area contributed by atoms with Gasteiger partial charge in [0, 0.05) is 6.54 Å². The van der Waals surface area contributed by atoms with Crippen molar-refractivity contribution in [2.45, 2.75) is 6.10 Å². The molecule has 1 atom stereocenters. The van der Waals surface area contributed by atoms with Gasteiger partial charge in [0.05, 0.1) is 5.02 Å². The second kappa shape index (κ2) is 7.26. The van der Waals surface area contributed by atoms with Gasteiger partial charge in [-0.05, 0) is 18.2 Å². The molecule has 0 fully saturated rings. The Kier molecular flexibility index (Phi) is 5.98. The van der Waals surface area contributed by atoms with E-state index in [1.165, 1.54) is 0 Å². The third-order valence-corrected chi connectivity index (χ3v) is 2.85. The van der Waals surface area contributed by atoms with Crippen LogP contribution in [0.1, 0.15) is 0 Å². The average molecular weight is 290 g/mol. The Labute approximate surface area is 115 Å². The Morgan fingerprint density at radius 2 is 2.28 bits per heavy atom. The zero-order chi connectivity index (χ0) is 13.5. The summed E-state index contributed by atoms with van der Waals surface area (Å²) >= 11 is 11.7. The maximum atomic E-state index is 10.9. The Bertz CT molecular complexity index is 437. The van der Waals surface area contributed by atoms with Gasteiger partial charge in [-0.15, -0.1) is 0 Å². The van der Waals surface area contributed by atoms with Crippen molar-refractivity contribution in [2.24, 2.45) is 0 Å². The van der Waals surface area contributed by atoms with Crippen molar-refractivity contribution in [3.05, 3.63) is 40.9 Å². The van der Waals surface area contributed by atoms with E-state index in [0.29, 0.717) is 15.8 Å². The van der Waals surface area contributed by atoms with Crippen LogP contribution in [-0.2, 0) is 4.79 Å². The molecular formula is C12H13Cl2NO3. The van der Waals surface area contributed by atoms with Gasteiger partial charge in [0.1, 0.15) is 23.5 Å². The number of benzene rings is 1. The minimum absolute atomic E-state index is 0.00249. The Morgan fingerprint density at radius 3 is 2.94 bits per heavy atom. The molecule has 18 heavy (non-hydrogen) atoms. The largest absolute Gasteiger partial charge is 0.489 e. The van der Waals surface area contributed by atoms with Gasteiger partial charge in [0.15, 0.2) is 0 Å². The lowest BCUT2D eigenvalue weighted by molar-refractivity contribution is -0.117. The minimum Gasteiger partial charge on any atom is -0.489 e. The summed E-state index contributed by atoms with van der Waals surface area (Å²) in [5.74, 6) is 0.0353. The first-order valence-corrected chi connectivity index (χ1v) is 5.95. The summed E-state index contributed by atoms with van der Waals surface area (Å²) in [5, 5.41) is 12.7. The number of hydrogen-bond acceptors (Lipinski definition) is 3. The van der Waals surface area contributed by atoms with E-state index in [1.54, 1.807) is 18.2 Å². The number of nitrogens with one attached hydrogen (secondary N) is 1. The van der Waals surface area contributed by atoms with Crippen LogP contribution in [0.2, 0.25) is 10.0 Å². The smallest absolute Gasteiger partial charge is 0.243 e. The van der Waals surface area contributed by atoms with Crippen LogP contribution < -0.4 is 10.1 Å².